The summed E-state index contributed by atoms with van der Waals surface area (Å²) in [6.07, 6.45) is 6.50. The molecule has 0 radical (unpaired) electrons. The van der Waals surface area contributed by atoms with E-state index in [9.17, 15) is 9.59 Å². The van der Waals surface area contributed by atoms with Crippen LogP contribution in [0.4, 0.5) is 9.80 Å². The maximum absolute atomic E-state index is 13.1. The van der Waals surface area contributed by atoms with Crippen molar-refractivity contribution < 1.29 is 18.7 Å². The molecule has 0 saturated heterocycles. The van der Waals surface area contributed by atoms with Crippen LogP contribution in [0.15, 0.2) is 22.8 Å². The minimum Gasteiger partial charge on any atom is -0.464 e. The SMILES string of the molecule is CC(C)(C)OC(=O)c1c(NC(=O)NCc2c(-c3ccco3)sc3c2CCNC3)sc2c1CCCC2. The normalized spacial score (nSPS) is 15.3. The molecule has 9 heteroatoms. The topological polar surface area (TPSA) is 92.6 Å². The number of anilines is 1. The minimum atomic E-state index is -0.602. The van der Waals surface area contributed by atoms with Crippen molar-refractivity contribution in [3.05, 3.63) is 50.4 Å². The molecule has 3 aromatic rings. The third kappa shape index (κ3) is 5.17. The first kappa shape index (κ1) is 24.1. The number of esters is 1. The number of carbonyl (C=O) groups excluding carboxylic acids is 2. The van der Waals surface area contributed by atoms with Crippen molar-refractivity contribution in [1.82, 2.24) is 10.6 Å². The molecule has 0 atom stereocenters. The van der Waals surface area contributed by atoms with Gasteiger partial charge in [-0.25, -0.2) is 9.59 Å². The van der Waals surface area contributed by atoms with Crippen LogP contribution in [-0.4, -0.2) is 24.1 Å². The number of ether oxygens (including phenoxy) is 1. The van der Waals surface area contributed by atoms with E-state index in [0.29, 0.717) is 17.1 Å². The molecule has 186 valence electrons. The molecule has 35 heavy (non-hydrogen) atoms. The van der Waals surface area contributed by atoms with E-state index >= 15 is 0 Å². The molecule has 7 nitrogen and oxygen atoms in total. The molecule has 0 fully saturated rings. The first-order valence-electron chi connectivity index (χ1n) is 12.1. The molecule has 0 aromatic carbocycles. The number of amides is 2. The molecule has 0 bridgehead atoms. The van der Waals surface area contributed by atoms with Gasteiger partial charge in [-0.2, -0.15) is 0 Å². The summed E-state index contributed by atoms with van der Waals surface area (Å²) in [6, 6.07) is 3.51. The Kier molecular flexibility index (Phi) is 6.74. The van der Waals surface area contributed by atoms with Gasteiger partial charge in [0.1, 0.15) is 16.4 Å². The summed E-state index contributed by atoms with van der Waals surface area (Å²) < 4.78 is 11.4. The first-order valence-corrected chi connectivity index (χ1v) is 13.7. The van der Waals surface area contributed by atoms with Crippen LogP contribution >= 0.6 is 22.7 Å². The van der Waals surface area contributed by atoms with E-state index in [4.69, 9.17) is 9.15 Å². The zero-order valence-corrected chi connectivity index (χ0v) is 22.0. The summed E-state index contributed by atoms with van der Waals surface area (Å²) in [5, 5.41) is 9.99. The number of hydrogen-bond donors (Lipinski definition) is 3. The summed E-state index contributed by atoms with van der Waals surface area (Å²) in [6.45, 7) is 7.71. The third-order valence-corrected chi connectivity index (χ3v) is 8.71. The monoisotopic (exact) mass is 513 g/mol. The number of rotatable bonds is 5. The van der Waals surface area contributed by atoms with Gasteiger partial charge in [-0.15, -0.1) is 22.7 Å². The quantitative estimate of drug-likeness (QED) is 0.371. The van der Waals surface area contributed by atoms with E-state index in [2.05, 4.69) is 16.0 Å². The number of carbonyl (C=O) groups is 2. The molecule has 0 unspecified atom stereocenters. The molecule has 1 aliphatic heterocycles. The van der Waals surface area contributed by atoms with Crippen LogP contribution in [0.1, 0.15) is 70.4 Å². The fourth-order valence-electron chi connectivity index (χ4n) is 4.71. The van der Waals surface area contributed by atoms with Crippen LogP contribution < -0.4 is 16.0 Å². The second-order valence-electron chi connectivity index (χ2n) is 9.94. The van der Waals surface area contributed by atoms with Gasteiger partial charge in [0, 0.05) is 22.8 Å². The maximum atomic E-state index is 13.1. The van der Waals surface area contributed by atoms with Gasteiger partial charge in [0.05, 0.1) is 16.7 Å². The summed E-state index contributed by atoms with van der Waals surface area (Å²) >= 11 is 3.22. The molecule has 4 heterocycles. The summed E-state index contributed by atoms with van der Waals surface area (Å²) in [5.74, 6) is 0.450. The number of thiophene rings is 2. The number of urea groups is 1. The Morgan fingerprint density at radius 3 is 2.71 bits per heavy atom. The summed E-state index contributed by atoms with van der Waals surface area (Å²) in [4.78, 5) is 29.6. The minimum absolute atomic E-state index is 0.326. The van der Waals surface area contributed by atoms with Crippen molar-refractivity contribution in [3.8, 4) is 10.6 Å². The van der Waals surface area contributed by atoms with Gasteiger partial charge in [-0.05, 0) is 88.2 Å². The Balaban J connectivity index is 1.36. The van der Waals surface area contributed by atoms with Crippen molar-refractivity contribution in [2.45, 2.75) is 71.6 Å². The Morgan fingerprint density at radius 1 is 1.11 bits per heavy atom. The highest BCUT2D eigenvalue weighted by atomic mass is 32.1. The van der Waals surface area contributed by atoms with Gasteiger partial charge >= 0.3 is 12.0 Å². The molecule has 5 rings (SSSR count). The lowest BCUT2D eigenvalue weighted by Crippen LogP contribution is -2.30. The van der Waals surface area contributed by atoms with Crippen molar-refractivity contribution >= 4 is 39.7 Å². The molecule has 3 N–H and O–H groups in total. The predicted molar refractivity (Wildman–Crippen MR) is 139 cm³/mol. The van der Waals surface area contributed by atoms with Crippen LogP contribution in [0.3, 0.4) is 0 Å². The summed E-state index contributed by atoms with van der Waals surface area (Å²) in [5.41, 5.74) is 3.35. The first-order chi connectivity index (χ1) is 16.8. The Labute approximate surface area is 213 Å². The van der Waals surface area contributed by atoms with Crippen LogP contribution in [-0.2, 0) is 37.1 Å². The fourth-order valence-corrected chi connectivity index (χ4v) is 7.29. The van der Waals surface area contributed by atoms with Crippen molar-refractivity contribution in [2.24, 2.45) is 0 Å². The lowest BCUT2D eigenvalue weighted by Gasteiger charge is -2.21. The molecule has 0 spiro atoms. The molecular weight excluding hydrogens is 482 g/mol. The highest BCUT2D eigenvalue weighted by molar-refractivity contribution is 7.17. The lowest BCUT2D eigenvalue weighted by atomic mass is 9.95. The van der Waals surface area contributed by atoms with E-state index in [-0.39, 0.29) is 12.0 Å². The van der Waals surface area contributed by atoms with Crippen molar-refractivity contribution in [2.75, 3.05) is 11.9 Å². The third-order valence-electron chi connectivity index (χ3n) is 6.21. The van der Waals surface area contributed by atoms with Crippen LogP contribution in [0, 0.1) is 0 Å². The van der Waals surface area contributed by atoms with Gasteiger partial charge < -0.3 is 19.8 Å². The van der Waals surface area contributed by atoms with E-state index in [1.165, 1.54) is 26.7 Å². The van der Waals surface area contributed by atoms with E-state index < -0.39 is 5.60 Å². The predicted octanol–water partition coefficient (Wildman–Crippen LogP) is 5.87. The Bertz CT molecular complexity index is 1230. The highest BCUT2D eigenvalue weighted by Gasteiger charge is 2.30. The van der Waals surface area contributed by atoms with Crippen LogP contribution in [0.5, 0.6) is 0 Å². The highest BCUT2D eigenvalue weighted by Crippen LogP contribution is 2.40. The molecule has 1 aliphatic carbocycles. The Hall–Kier alpha value is -2.62. The van der Waals surface area contributed by atoms with Gasteiger partial charge in [-0.3, -0.25) is 5.32 Å². The zero-order valence-electron chi connectivity index (χ0n) is 20.3. The molecule has 3 aromatic heterocycles. The second-order valence-corrected chi connectivity index (χ2v) is 12.2. The van der Waals surface area contributed by atoms with Crippen LogP contribution in [0.2, 0.25) is 0 Å². The standard InChI is InChI=1S/C26H31N3O4S2/c1-26(2,3)33-24(30)21-16-7-4-5-9-19(16)35-23(21)29-25(31)28-13-17-15-10-11-27-14-20(15)34-22(17)18-8-6-12-32-18/h6,8,12,27H,4-5,7,9-11,13-14H2,1-3H3,(H2,28,29,31). The number of hydrogen-bond acceptors (Lipinski definition) is 7. The van der Waals surface area contributed by atoms with E-state index in [1.54, 1.807) is 17.6 Å². The average Bonchev–Trinajstić information content (AvgIpc) is 3.53. The van der Waals surface area contributed by atoms with Gasteiger partial charge in [-0.1, -0.05) is 0 Å². The molecule has 2 aliphatic rings. The average molecular weight is 514 g/mol. The molecule has 2 amide bonds. The van der Waals surface area contributed by atoms with Gasteiger partial charge in [0.25, 0.3) is 0 Å². The Morgan fingerprint density at radius 2 is 1.94 bits per heavy atom. The van der Waals surface area contributed by atoms with Gasteiger partial charge in [0.15, 0.2) is 0 Å². The fraction of sp³-hybridized carbons (Fsp3) is 0.462. The van der Waals surface area contributed by atoms with E-state index in [1.807, 2.05) is 32.9 Å². The van der Waals surface area contributed by atoms with Crippen molar-refractivity contribution in [3.63, 3.8) is 0 Å². The number of nitrogens with one attached hydrogen (secondary N) is 3. The maximum Gasteiger partial charge on any atom is 0.341 e. The summed E-state index contributed by atoms with van der Waals surface area (Å²) in [7, 11) is 0. The number of fused-ring (bicyclic) bond motifs is 2. The number of aryl methyl sites for hydroxylation is 1. The molecule has 0 saturated carbocycles. The largest absolute Gasteiger partial charge is 0.464 e. The van der Waals surface area contributed by atoms with Crippen molar-refractivity contribution in [1.29, 1.82) is 0 Å². The van der Waals surface area contributed by atoms with Crippen LogP contribution in [0.25, 0.3) is 10.6 Å². The second kappa shape index (κ2) is 9.79. The molecular formula is C26H31N3O4S2. The zero-order chi connectivity index (χ0) is 24.6. The van der Waals surface area contributed by atoms with Gasteiger partial charge in [0.2, 0.25) is 0 Å². The number of furan rings is 1. The smallest absolute Gasteiger partial charge is 0.341 e. The lowest BCUT2D eigenvalue weighted by molar-refractivity contribution is 0.00699. The van der Waals surface area contributed by atoms with E-state index in [0.717, 1.165) is 67.0 Å².